The van der Waals surface area contributed by atoms with Gasteiger partial charge in [0.15, 0.2) is 5.82 Å². The molecule has 8 nitrogen and oxygen atoms in total. The number of anilines is 1. The van der Waals surface area contributed by atoms with Gasteiger partial charge < -0.3 is 9.26 Å². The van der Waals surface area contributed by atoms with Crippen LogP contribution in [0.25, 0.3) is 0 Å². The van der Waals surface area contributed by atoms with Crippen molar-refractivity contribution >= 4 is 15.8 Å². The Labute approximate surface area is 140 Å². The second kappa shape index (κ2) is 6.21. The number of hydrogen-bond donors (Lipinski definition) is 1. The predicted molar refractivity (Wildman–Crippen MR) is 85.3 cm³/mol. The predicted octanol–water partition coefficient (Wildman–Crippen LogP) is 1.90. The van der Waals surface area contributed by atoms with Gasteiger partial charge in [-0.25, -0.2) is 8.42 Å². The Morgan fingerprint density at radius 1 is 1.25 bits per heavy atom. The van der Waals surface area contributed by atoms with Gasteiger partial charge in [-0.15, -0.1) is 0 Å². The molecule has 130 valence electrons. The van der Waals surface area contributed by atoms with Crippen LogP contribution >= 0.6 is 0 Å². The van der Waals surface area contributed by atoms with Crippen molar-refractivity contribution in [2.45, 2.75) is 49.5 Å². The van der Waals surface area contributed by atoms with Crippen LogP contribution in [0, 0.1) is 0 Å². The van der Waals surface area contributed by atoms with Gasteiger partial charge in [0, 0.05) is 31.7 Å². The maximum atomic E-state index is 12.7. The minimum Gasteiger partial charge on any atom is -0.381 e. The number of nitrogens with one attached hydrogen (secondary N) is 1. The maximum absolute atomic E-state index is 12.7. The number of rotatable bonds is 4. The topological polar surface area (TPSA) is 99.2 Å². The molecule has 2 aliphatic heterocycles. The summed E-state index contributed by atoms with van der Waals surface area (Å²) in [5, 5.41) is 8.05. The molecule has 24 heavy (non-hydrogen) atoms. The molecule has 9 heteroatoms. The molecular formula is C15H20N4O4S. The van der Waals surface area contributed by atoms with Crippen LogP contribution in [0.15, 0.2) is 21.7 Å². The average Bonchev–Trinajstić information content (AvgIpc) is 3.22. The molecule has 0 radical (unpaired) electrons. The van der Waals surface area contributed by atoms with Crippen molar-refractivity contribution in [3.8, 4) is 0 Å². The number of ether oxygens (including phenoxy) is 1. The van der Waals surface area contributed by atoms with Crippen molar-refractivity contribution < 1.29 is 17.7 Å². The molecular weight excluding hydrogens is 332 g/mol. The lowest BCUT2D eigenvalue weighted by Gasteiger charge is -2.18. The summed E-state index contributed by atoms with van der Waals surface area (Å²) in [5.41, 5.74) is 0.766. The molecule has 2 aromatic rings. The molecule has 0 spiro atoms. The third kappa shape index (κ3) is 2.93. The lowest BCUT2D eigenvalue weighted by Crippen LogP contribution is -2.18. The van der Waals surface area contributed by atoms with E-state index in [-0.39, 0.29) is 16.6 Å². The van der Waals surface area contributed by atoms with Crippen LogP contribution < -0.4 is 4.72 Å². The third-order valence-corrected chi connectivity index (χ3v) is 6.02. The minimum atomic E-state index is -3.71. The van der Waals surface area contributed by atoms with Gasteiger partial charge in [0.05, 0.1) is 11.9 Å². The highest BCUT2D eigenvalue weighted by Gasteiger charge is 2.27. The number of nitrogens with zero attached hydrogens (tertiary/aromatic N) is 3. The first-order valence-corrected chi connectivity index (χ1v) is 9.74. The Balaban J connectivity index is 1.54. The molecule has 1 saturated heterocycles. The Morgan fingerprint density at radius 2 is 2.08 bits per heavy atom. The standard InChI is InChI=1S/C15H20N4O4S/c20-24(21,14-10-16-19-6-2-1-3-12(14)19)18-15-9-13(23-17-15)11-4-7-22-8-5-11/h9-11H,1-8H2,(H,17,18). The first-order chi connectivity index (χ1) is 11.6. The highest BCUT2D eigenvalue weighted by Crippen LogP contribution is 2.29. The van der Waals surface area contributed by atoms with Gasteiger partial charge in [-0.05, 0) is 32.1 Å². The van der Waals surface area contributed by atoms with Crippen LogP contribution in [0.1, 0.15) is 43.1 Å². The summed E-state index contributed by atoms with van der Waals surface area (Å²) >= 11 is 0. The van der Waals surface area contributed by atoms with E-state index in [9.17, 15) is 8.42 Å². The number of sulfonamides is 1. The molecule has 0 saturated carbocycles. The quantitative estimate of drug-likeness (QED) is 0.902. The van der Waals surface area contributed by atoms with Gasteiger partial charge in [-0.1, -0.05) is 5.16 Å². The highest BCUT2D eigenvalue weighted by atomic mass is 32.2. The fourth-order valence-electron chi connectivity index (χ4n) is 3.32. The van der Waals surface area contributed by atoms with Crippen molar-refractivity contribution in [1.82, 2.24) is 14.9 Å². The highest BCUT2D eigenvalue weighted by molar-refractivity contribution is 7.92. The first-order valence-electron chi connectivity index (χ1n) is 8.25. The zero-order valence-corrected chi connectivity index (χ0v) is 14.1. The third-order valence-electron chi connectivity index (χ3n) is 4.62. The van der Waals surface area contributed by atoms with E-state index in [2.05, 4.69) is 15.0 Å². The number of aromatic nitrogens is 3. The second-order valence-electron chi connectivity index (χ2n) is 6.24. The Bertz CT molecular complexity index is 820. The molecule has 0 atom stereocenters. The average molecular weight is 352 g/mol. The van der Waals surface area contributed by atoms with Crippen LogP contribution in [0.5, 0.6) is 0 Å². The monoisotopic (exact) mass is 352 g/mol. The number of aryl methyl sites for hydroxylation is 1. The largest absolute Gasteiger partial charge is 0.381 e. The molecule has 0 aromatic carbocycles. The fourth-order valence-corrected chi connectivity index (χ4v) is 4.51. The van der Waals surface area contributed by atoms with Gasteiger partial charge in [-0.2, -0.15) is 5.10 Å². The Kier molecular flexibility index (Phi) is 4.05. The molecule has 1 N–H and O–H groups in total. The molecule has 4 rings (SSSR count). The summed E-state index contributed by atoms with van der Waals surface area (Å²) < 4.78 is 40.2. The summed E-state index contributed by atoms with van der Waals surface area (Å²) in [6.07, 6.45) is 5.87. The van der Waals surface area contributed by atoms with Gasteiger partial charge in [0.1, 0.15) is 10.7 Å². The van der Waals surface area contributed by atoms with Crippen molar-refractivity contribution in [3.05, 3.63) is 23.7 Å². The van der Waals surface area contributed by atoms with Gasteiger partial charge >= 0.3 is 0 Å². The van der Waals surface area contributed by atoms with Crippen LogP contribution in [-0.4, -0.2) is 36.6 Å². The van der Waals surface area contributed by atoms with E-state index in [4.69, 9.17) is 9.26 Å². The minimum absolute atomic E-state index is 0.215. The van der Waals surface area contributed by atoms with Crippen LogP contribution in [-0.2, 0) is 27.7 Å². The molecule has 2 aromatic heterocycles. The van der Waals surface area contributed by atoms with Crippen LogP contribution in [0.2, 0.25) is 0 Å². The number of hydrogen-bond acceptors (Lipinski definition) is 6. The first kappa shape index (κ1) is 15.6. The zero-order chi connectivity index (χ0) is 16.6. The van der Waals surface area contributed by atoms with E-state index in [1.54, 1.807) is 10.7 Å². The smallest absolute Gasteiger partial charge is 0.266 e. The summed E-state index contributed by atoms with van der Waals surface area (Å²) in [4.78, 5) is 0.234. The van der Waals surface area contributed by atoms with Crippen molar-refractivity contribution in [2.75, 3.05) is 17.9 Å². The van der Waals surface area contributed by atoms with E-state index < -0.39 is 10.0 Å². The lowest BCUT2D eigenvalue weighted by atomic mass is 9.98. The van der Waals surface area contributed by atoms with Crippen molar-refractivity contribution in [3.63, 3.8) is 0 Å². The van der Waals surface area contributed by atoms with E-state index in [0.29, 0.717) is 19.0 Å². The fraction of sp³-hybridized carbons (Fsp3) is 0.600. The van der Waals surface area contributed by atoms with E-state index >= 15 is 0 Å². The normalized spacial score (nSPS) is 19.2. The molecule has 1 fully saturated rings. The van der Waals surface area contributed by atoms with E-state index in [1.807, 2.05) is 0 Å². The van der Waals surface area contributed by atoms with Gasteiger partial charge in [0.2, 0.25) is 0 Å². The van der Waals surface area contributed by atoms with Gasteiger partial charge in [0.25, 0.3) is 10.0 Å². The van der Waals surface area contributed by atoms with E-state index in [1.165, 1.54) is 6.20 Å². The summed E-state index contributed by atoms with van der Waals surface area (Å²) in [6, 6.07) is 1.67. The van der Waals surface area contributed by atoms with Gasteiger partial charge in [-0.3, -0.25) is 9.40 Å². The lowest BCUT2D eigenvalue weighted by molar-refractivity contribution is 0.0791. The summed E-state index contributed by atoms with van der Waals surface area (Å²) in [7, 11) is -3.71. The summed E-state index contributed by atoms with van der Waals surface area (Å²) in [5.74, 6) is 1.15. The molecule has 0 amide bonds. The van der Waals surface area contributed by atoms with Crippen LogP contribution in [0.4, 0.5) is 5.82 Å². The SMILES string of the molecule is O=S(=O)(Nc1cc(C2CCOCC2)on1)c1cnn2c1CCCC2. The molecule has 0 aliphatic carbocycles. The zero-order valence-electron chi connectivity index (χ0n) is 13.3. The van der Waals surface area contributed by atoms with E-state index in [0.717, 1.165) is 44.3 Å². The Morgan fingerprint density at radius 3 is 2.92 bits per heavy atom. The van der Waals surface area contributed by atoms with Crippen molar-refractivity contribution in [1.29, 1.82) is 0 Å². The number of fused-ring (bicyclic) bond motifs is 1. The maximum Gasteiger partial charge on any atom is 0.266 e. The molecule has 0 unspecified atom stereocenters. The second-order valence-corrected chi connectivity index (χ2v) is 7.89. The molecule has 0 bridgehead atoms. The van der Waals surface area contributed by atoms with Crippen molar-refractivity contribution in [2.24, 2.45) is 0 Å². The summed E-state index contributed by atoms with van der Waals surface area (Å²) in [6.45, 7) is 2.15. The molecule has 4 heterocycles. The van der Waals surface area contributed by atoms with Crippen LogP contribution in [0.3, 0.4) is 0 Å². The Hall–Kier alpha value is -1.87. The molecule has 2 aliphatic rings.